The van der Waals surface area contributed by atoms with E-state index in [0.717, 1.165) is 31.1 Å². The van der Waals surface area contributed by atoms with Gasteiger partial charge in [-0.2, -0.15) is 0 Å². The molecule has 3 fully saturated rings. The third-order valence-corrected chi connectivity index (χ3v) is 4.41. The van der Waals surface area contributed by atoms with E-state index in [0.29, 0.717) is 11.8 Å². The second-order valence-electron chi connectivity index (χ2n) is 4.92. The van der Waals surface area contributed by atoms with Crippen LogP contribution >= 0.6 is 0 Å². The Bertz CT molecular complexity index is 200. The van der Waals surface area contributed by atoms with Crippen LogP contribution in [0.25, 0.3) is 0 Å². The van der Waals surface area contributed by atoms with Gasteiger partial charge in [-0.05, 0) is 49.4 Å². The quantitative estimate of drug-likeness (QED) is 0.561. The molecule has 0 saturated heterocycles. The predicted octanol–water partition coefficient (Wildman–Crippen LogP) is 0.774. The number of hydrogen-bond donors (Lipinski definition) is 2. The number of aliphatic hydroxyl groups excluding tert-OH is 2. The minimum absolute atomic E-state index is 0.0402. The van der Waals surface area contributed by atoms with Crippen molar-refractivity contribution in [3.05, 3.63) is 0 Å². The second kappa shape index (κ2) is 2.24. The number of rotatable bonds is 0. The van der Waals surface area contributed by atoms with E-state index in [2.05, 4.69) is 0 Å². The lowest BCUT2D eigenvalue weighted by Gasteiger charge is -2.27. The Labute approximate surface area is 72.6 Å². The maximum absolute atomic E-state index is 9.67. The summed E-state index contributed by atoms with van der Waals surface area (Å²) in [5.41, 5.74) is 0. The molecule has 0 amide bonds. The zero-order chi connectivity index (χ0) is 8.29. The summed E-state index contributed by atoms with van der Waals surface area (Å²) in [5.74, 6) is 2.70. The molecule has 3 rings (SSSR count). The molecule has 2 nitrogen and oxygen atoms in total. The van der Waals surface area contributed by atoms with E-state index < -0.39 is 0 Å². The van der Waals surface area contributed by atoms with Gasteiger partial charge in [-0.25, -0.2) is 0 Å². The van der Waals surface area contributed by atoms with E-state index in [4.69, 9.17) is 0 Å². The number of aliphatic hydroxyl groups is 2. The monoisotopic (exact) mass is 168 g/mol. The van der Waals surface area contributed by atoms with Gasteiger partial charge in [-0.1, -0.05) is 0 Å². The van der Waals surface area contributed by atoms with Gasteiger partial charge in [0.15, 0.2) is 0 Å². The summed E-state index contributed by atoms with van der Waals surface area (Å²) in [5, 5.41) is 19.2. The molecule has 0 aliphatic heterocycles. The van der Waals surface area contributed by atoms with Crippen LogP contribution in [0.1, 0.15) is 25.7 Å². The van der Waals surface area contributed by atoms with Crippen LogP contribution in [-0.4, -0.2) is 22.4 Å². The molecule has 0 radical (unpaired) electrons. The van der Waals surface area contributed by atoms with E-state index in [-0.39, 0.29) is 12.2 Å². The molecule has 68 valence electrons. The number of hydrogen-bond acceptors (Lipinski definition) is 2. The fourth-order valence-electron chi connectivity index (χ4n) is 4.01. The first-order valence-corrected chi connectivity index (χ1v) is 5.12. The standard InChI is InChI=1S/C10H16O2/c11-6-3-7-5-1-9(8(7)4-6)10(12)2-5/h5-12H,1-4H2/t5-,6-,7-,8+,9+,10-/m1/s1. The molecule has 0 spiro atoms. The Morgan fingerprint density at radius 2 is 1.50 bits per heavy atom. The topological polar surface area (TPSA) is 40.5 Å². The molecule has 3 aliphatic carbocycles. The molecule has 2 N–H and O–H groups in total. The molecule has 3 aliphatic rings. The molecule has 2 heteroatoms. The van der Waals surface area contributed by atoms with Gasteiger partial charge in [-0.3, -0.25) is 0 Å². The highest BCUT2D eigenvalue weighted by Gasteiger charge is 2.55. The van der Waals surface area contributed by atoms with Crippen LogP contribution in [-0.2, 0) is 0 Å². The lowest BCUT2D eigenvalue weighted by Crippen LogP contribution is -2.27. The molecular formula is C10H16O2. The van der Waals surface area contributed by atoms with Crippen molar-refractivity contribution in [1.29, 1.82) is 0 Å². The lowest BCUT2D eigenvalue weighted by atomic mass is 9.80. The Morgan fingerprint density at radius 1 is 0.750 bits per heavy atom. The van der Waals surface area contributed by atoms with Gasteiger partial charge in [0.05, 0.1) is 12.2 Å². The van der Waals surface area contributed by atoms with E-state index in [1.807, 2.05) is 0 Å². The maximum atomic E-state index is 9.67. The van der Waals surface area contributed by atoms with Crippen LogP contribution in [0.3, 0.4) is 0 Å². The summed E-state index contributed by atoms with van der Waals surface area (Å²) in [7, 11) is 0. The highest BCUT2D eigenvalue weighted by atomic mass is 16.3. The molecule has 0 unspecified atom stereocenters. The van der Waals surface area contributed by atoms with Crippen molar-refractivity contribution < 1.29 is 10.2 Å². The van der Waals surface area contributed by atoms with Crippen LogP contribution in [0.5, 0.6) is 0 Å². The Hall–Kier alpha value is -0.0800. The molecular weight excluding hydrogens is 152 g/mol. The van der Waals surface area contributed by atoms with Gasteiger partial charge in [0.2, 0.25) is 0 Å². The summed E-state index contributed by atoms with van der Waals surface area (Å²) in [6.45, 7) is 0. The summed E-state index contributed by atoms with van der Waals surface area (Å²) in [6.07, 6.45) is 4.13. The minimum atomic E-state index is -0.0596. The van der Waals surface area contributed by atoms with Crippen molar-refractivity contribution in [1.82, 2.24) is 0 Å². The zero-order valence-corrected chi connectivity index (χ0v) is 7.19. The van der Waals surface area contributed by atoms with Crippen molar-refractivity contribution in [2.45, 2.75) is 37.9 Å². The first-order chi connectivity index (χ1) is 5.75. The summed E-state index contributed by atoms with van der Waals surface area (Å²) in [6, 6.07) is 0. The average molecular weight is 168 g/mol. The minimum Gasteiger partial charge on any atom is -0.393 e. The smallest absolute Gasteiger partial charge is 0.0574 e. The van der Waals surface area contributed by atoms with Gasteiger partial charge in [0, 0.05) is 0 Å². The molecule has 6 atom stereocenters. The van der Waals surface area contributed by atoms with E-state index in [9.17, 15) is 10.2 Å². The van der Waals surface area contributed by atoms with Crippen LogP contribution in [0, 0.1) is 23.7 Å². The largest absolute Gasteiger partial charge is 0.393 e. The molecule has 0 aromatic heterocycles. The van der Waals surface area contributed by atoms with E-state index in [1.54, 1.807) is 0 Å². The molecule has 12 heavy (non-hydrogen) atoms. The van der Waals surface area contributed by atoms with Crippen LogP contribution in [0.2, 0.25) is 0 Å². The van der Waals surface area contributed by atoms with Gasteiger partial charge >= 0.3 is 0 Å². The van der Waals surface area contributed by atoms with Crippen molar-refractivity contribution in [2.75, 3.05) is 0 Å². The van der Waals surface area contributed by atoms with E-state index in [1.165, 1.54) is 6.42 Å². The summed E-state index contributed by atoms with van der Waals surface area (Å²) < 4.78 is 0. The first kappa shape index (κ1) is 7.34. The average Bonchev–Trinajstić information content (AvgIpc) is 2.57. The van der Waals surface area contributed by atoms with Gasteiger partial charge in [-0.15, -0.1) is 0 Å². The summed E-state index contributed by atoms with van der Waals surface area (Å²) in [4.78, 5) is 0. The maximum Gasteiger partial charge on any atom is 0.0574 e. The first-order valence-electron chi connectivity index (χ1n) is 5.12. The fourth-order valence-corrected chi connectivity index (χ4v) is 4.01. The fraction of sp³-hybridized carbons (Fsp3) is 1.00. The van der Waals surface area contributed by atoms with Crippen LogP contribution < -0.4 is 0 Å². The SMILES string of the molecule is O[C@H]1C[C@H]2[C@H](C1)[C@@H]1C[C@@H]2[C@H](O)C1. The predicted molar refractivity (Wildman–Crippen MR) is 44.4 cm³/mol. The molecule has 2 bridgehead atoms. The van der Waals surface area contributed by atoms with Crippen molar-refractivity contribution in [2.24, 2.45) is 23.7 Å². The van der Waals surface area contributed by atoms with Gasteiger partial charge in [0.25, 0.3) is 0 Å². The van der Waals surface area contributed by atoms with Crippen LogP contribution in [0.4, 0.5) is 0 Å². The second-order valence-corrected chi connectivity index (χ2v) is 4.92. The molecule has 3 saturated carbocycles. The third kappa shape index (κ3) is 0.775. The highest BCUT2D eigenvalue weighted by molar-refractivity contribution is 5.04. The van der Waals surface area contributed by atoms with Gasteiger partial charge < -0.3 is 10.2 Å². The Balaban J connectivity index is 1.86. The molecule has 0 aromatic rings. The Kier molecular flexibility index (Phi) is 1.37. The zero-order valence-electron chi connectivity index (χ0n) is 7.19. The normalized spacial score (nSPS) is 62.5. The number of fused-ring (bicyclic) bond motifs is 5. The lowest BCUT2D eigenvalue weighted by molar-refractivity contribution is 0.0633. The van der Waals surface area contributed by atoms with Crippen molar-refractivity contribution >= 4 is 0 Å². The molecule has 0 heterocycles. The van der Waals surface area contributed by atoms with Crippen molar-refractivity contribution in [3.8, 4) is 0 Å². The third-order valence-electron chi connectivity index (χ3n) is 4.41. The van der Waals surface area contributed by atoms with Crippen molar-refractivity contribution in [3.63, 3.8) is 0 Å². The summed E-state index contributed by atoms with van der Waals surface area (Å²) >= 11 is 0. The highest BCUT2D eigenvalue weighted by Crippen LogP contribution is 2.58. The van der Waals surface area contributed by atoms with Crippen LogP contribution in [0.15, 0.2) is 0 Å². The Morgan fingerprint density at radius 3 is 2.33 bits per heavy atom. The molecule has 0 aromatic carbocycles. The van der Waals surface area contributed by atoms with Gasteiger partial charge in [0.1, 0.15) is 0 Å². The van der Waals surface area contributed by atoms with E-state index >= 15 is 0 Å².